The van der Waals surface area contributed by atoms with Crippen LogP contribution in [0.25, 0.3) is 0 Å². The summed E-state index contributed by atoms with van der Waals surface area (Å²) in [6.45, 7) is 1.46. The fourth-order valence-electron chi connectivity index (χ4n) is 2.21. The molecule has 6 nitrogen and oxygen atoms in total. The molecule has 1 aliphatic heterocycles. The van der Waals surface area contributed by atoms with E-state index < -0.39 is 42.6 Å². The van der Waals surface area contributed by atoms with Crippen LogP contribution >= 0.6 is 0 Å². The van der Waals surface area contributed by atoms with Gasteiger partial charge in [0.25, 0.3) is 11.6 Å². The highest BCUT2D eigenvalue weighted by atomic mass is 19.4. The molecule has 0 fully saturated rings. The van der Waals surface area contributed by atoms with Gasteiger partial charge in [0, 0.05) is 17.8 Å². The van der Waals surface area contributed by atoms with Gasteiger partial charge in [0.1, 0.15) is 6.54 Å². The lowest BCUT2D eigenvalue weighted by molar-refractivity contribution is -0.302. The lowest BCUT2D eigenvalue weighted by atomic mass is 10.1. The third-order valence-electron chi connectivity index (χ3n) is 3.37. The quantitative estimate of drug-likeness (QED) is 0.823. The van der Waals surface area contributed by atoms with Crippen molar-refractivity contribution < 1.29 is 36.2 Å². The first-order valence-corrected chi connectivity index (χ1v) is 6.53. The van der Waals surface area contributed by atoms with E-state index in [9.17, 15) is 36.2 Å². The molecular weight excluding hydrogens is 346 g/mol. The highest BCUT2D eigenvalue weighted by molar-refractivity contribution is 5.89. The standard InChI is InChI=1S/C12H12F6N4O2/c1-6-4-10(24,12(16,17)18)22(19-6)9(23)5-21-7(2)3-8(20-21)11(13,14)15/h3,24H,4-5H2,1-2H3. The average Bonchev–Trinajstić information content (AvgIpc) is 2.90. The van der Waals surface area contributed by atoms with Gasteiger partial charge >= 0.3 is 12.4 Å². The van der Waals surface area contributed by atoms with Crippen LogP contribution in [0.4, 0.5) is 26.3 Å². The summed E-state index contributed by atoms with van der Waals surface area (Å²) in [5.74, 6) is -1.34. The lowest BCUT2D eigenvalue weighted by Crippen LogP contribution is -2.57. The van der Waals surface area contributed by atoms with Gasteiger partial charge in [-0.25, -0.2) is 0 Å². The Kier molecular flexibility index (Phi) is 4.15. The Bertz CT molecular complexity index is 693. The van der Waals surface area contributed by atoms with Crippen molar-refractivity contribution >= 4 is 11.6 Å². The maximum atomic E-state index is 13.0. The van der Waals surface area contributed by atoms with E-state index in [1.54, 1.807) is 0 Å². The van der Waals surface area contributed by atoms with E-state index in [1.165, 1.54) is 13.8 Å². The van der Waals surface area contributed by atoms with E-state index in [0.717, 1.165) is 0 Å². The molecule has 0 aromatic carbocycles. The van der Waals surface area contributed by atoms with Crippen LogP contribution in [0.5, 0.6) is 0 Å². The molecule has 0 saturated carbocycles. The van der Waals surface area contributed by atoms with Crippen LogP contribution in [0, 0.1) is 6.92 Å². The molecule has 0 saturated heterocycles. The molecule has 2 rings (SSSR count). The summed E-state index contributed by atoms with van der Waals surface area (Å²) in [5.41, 5.74) is -5.02. The molecule has 12 heteroatoms. The van der Waals surface area contributed by atoms with Crippen LogP contribution in [-0.4, -0.2) is 43.4 Å². The van der Waals surface area contributed by atoms with E-state index in [2.05, 4.69) is 10.2 Å². The van der Waals surface area contributed by atoms with Crippen LogP contribution in [0.2, 0.25) is 0 Å². The van der Waals surface area contributed by atoms with Gasteiger partial charge in [0.15, 0.2) is 5.69 Å². The molecule has 0 bridgehead atoms. The summed E-state index contributed by atoms with van der Waals surface area (Å²) in [7, 11) is 0. The first kappa shape index (κ1) is 18.2. The number of rotatable bonds is 2. The van der Waals surface area contributed by atoms with Crippen molar-refractivity contribution in [3.63, 3.8) is 0 Å². The van der Waals surface area contributed by atoms with Gasteiger partial charge < -0.3 is 5.11 Å². The fourth-order valence-corrected chi connectivity index (χ4v) is 2.21. The summed E-state index contributed by atoms with van der Waals surface area (Å²) in [6, 6.07) is 0.654. The van der Waals surface area contributed by atoms with E-state index in [0.29, 0.717) is 10.7 Å². The second-order valence-corrected chi connectivity index (χ2v) is 5.36. The molecule has 1 N–H and O–H groups in total. The van der Waals surface area contributed by atoms with Gasteiger partial charge in [-0.15, -0.1) is 0 Å². The maximum Gasteiger partial charge on any atom is 0.438 e. The molecule has 2 heterocycles. The topological polar surface area (TPSA) is 70.7 Å². The van der Waals surface area contributed by atoms with E-state index in [4.69, 9.17) is 0 Å². The van der Waals surface area contributed by atoms with Gasteiger partial charge in [-0.2, -0.15) is 41.6 Å². The summed E-state index contributed by atoms with van der Waals surface area (Å²) in [4.78, 5) is 12.1. The van der Waals surface area contributed by atoms with Gasteiger partial charge in [-0.1, -0.05) is 0 Å². The largest absolute Gasteiger partial charge is 0.438 e. The highest BCUT2D eigenvalue weighted by Crippen LogP contribution is 2.40. The molecule has 134 valence electrons. The van der Waals surface area contributed by atoms with E-state index in [1.807, 2.05) is 0 Å². The first-order valence-electron chi connectivity index (χ1n) is 6.53. The minimum absolute atomic E-state index is 0.0777. The van der Waals surface area contributed by atoms with E-state index >= 15 is 0 Å². The number of aliphatic hydroxyl groups is 1. The number of hydrogen-bond acceptors (Lipinski definition) is 4. The number of halogens is 6. The molecule has 1 unspecified atom stereocenters. The third kappa shape index (κ3) is 3.09. The monoisotopic (exact) mass is 358 g/mol. The number of aromatic nitrogens is 2. The number of hydrazone groups is 1. The van der Waals surface area contributed by atoms with Crippen molar-refractivity contribution in [2.75, 3.05) is 0 Å². The van der Waals surface area contributed by atoms with Crippen molar-refractivity contribution in [2.24, 2.45) is 5.10 Å². The molecule has 0 spiro atoms. The average molecular weight is 358 g/mol. The first-order chi connectivity index (χ1) is 10.8. The van der Waals surface area contributed by atoms with Crippen LogP contribution in [0.15, 0.2) is 11.2 Å². The number of aryl methyl sites for hydroxylation is 1. The molecule has 1 aliphatic rings. The highest BCUT2D eigenvalue weighted by Gasteiger charge is 2.62. The second-order valence-electron chi connectivity index (χ2n) is 5.36. The molecule has 0 radical (unpaired) electrons. The molecule has 24 heavy (non-hydrogen) atoms. The van der Waals surface area contributed by atoms with Crippen LogP contribution in [-0.2, 0) is 17.5 Å². The number of amides is 1. The molecule has 1 aromatic rings. The molecule has 1 aromatic heterocycles. The summed E-state index contributed by atoms with van der Waals surface area (Å²) in [6.07, 6.45) is -10.9. The van der Waals surface area contributed by atoms with Crippen LogP contribution < -0.4 is 0 Å². The Morgan fingerprint density at radius 2 is 1.88 bits per heavy atom. The van der Waals surface area contributed by atoms with Crippen LogP contribution in [0.3, 0.4) is 0 Å². The summed E-state index contributed by atoms with van der Waals surface area (Å²) >= 11 is 0. The smallest absolute Gasteiger partial charge is 0.362 e. The number of hydrogen-bond donors (Lipinski definition) is 1. The minimum Gasteiger partial charge on any atom is -0.362 e. The zero-order valence-corrected chi connectivity index (χ0v) is 12.4. The van der Waals surface area contributed by atoms with Crippen LogP contribution in [0.1, 0.15) is 24.7 Å². The van der Waals surface area contributed by atoms with Crippen molar-refractivity contribution in [2.45, 2.75) is 44.9 Å². The van der Waals surface area contributed by atoms with Gasteiger partial charge in [-0.05, 0) is 19.9 Å². The lowest BCUT2D eigenvalue weighted by Gasteiger charge is -2.32. The zero-order chi connectivity index (χ0) is 18.5. The van der Waals surface area contributed by atoms with Gasteiger partial charge in [0.2, 0.25) is 0 Å². The van der Waals surface area contributed by atoms with E-state index in [-0.39, 0.29) is 16.4 Å². The Morgan fingerprint density at radius 1 is 1.29 bits per heavy atom. The SMILES string of the molecule is CC1=NN(C(=O)Cn2nc(C(F)(F)F)cc2C)C(O)(C(F)(F)F)C1. The number of alkyl halides is 6. The van der Waals surface area contributed by atoms with Crippen molar-refractivity contribution in [1.29, 1.82) is 0 Å². The predicted molar refractivity (Wildman–Crippen MR) is 67.5 cm³/mol. The fraction of sp³-hybridized carbons (Fsp3) is 0.583. The molecular formula is C12H12F6N4O2. The Hall–Kier alpha value is -2.11. The summed E-state index contributed by atoms with van der Waals surface area (Å²) in [5, 5.41) is 16.1. The number of carbonyl (C=O) groups is 1. The zero-order valence-electron chi connectivity index (χ0n) is 12.4. The Balaban J connectivity index is 2.28. The predicted octanol–water partition coefficient (Wildman–Crippen LogP) is 2.07. The van der Waals surface area contributed by atoms with Gasteiger partial charge in [0.05, 0.1) is 0 Å². The maximum absolute atomic E-state index is 13.0. The summed E-state index contributed by atoms with van der Waals surface area (Å²) < 4.78 is 77.4. The number of carbonyl (C=O) groups excluding carboxylic acids is 1. The molecule has 0 aliphatic carbocycles. The Labute approximate surface area is 131 Å². The van der Waals surface area contributed by atoms with Crippen molar-refractivity contribution in [1.82, 2.24) is 14.8 Å². The van der Waals surface area contributed by atoms with Gasteiger partial charge in [-0.3, -0.25) is 9.48 Å². The number of nitrogens with zero attached hydrogens (tertiary/aromatic N) is 4. The van der Waals surface area contributed by atoms with Crippen molar-refractivity contribution in [3.8, 4) is 0 Å². The van der Waals surface area contributed by atoms with Crippen molar-refractivity contribution in [3.05, 3.63) is 17.5 Å². The second kappa shape index (κ2) is 5.46. The third-order valence-corrected chi connectivity index (χ3v) is 3.37. The Morgan fingerprint density at radius 3 is 2.33 bits per heavy atom. The normalized spacial score (nSPS) is 22.0. The molecule has 1 atom stereocenters. The molecule has 1 amide bonds. The minimum atomic E-state index is -5.18.